The SMILES string of the molecule is C=C[C@H](O)C#CC#C[C@H](O)/C=C\CCCCCCC. The molecule has 0 bridgehead atoms. The summed E-state index contributed by atoms with van der Waals surface area (Å²) in [7, 11) is 0. The summed E-state index contributed by atoms with van der Waals surface area (Å²) in [5.74, 6) is 10.00. The minimum absolute atomic E-state index is 0.786. The lowest BCUT2D eigenvalue weighted by molar-refractivity contribution is 0.280. The topological polar surface area (TPSA) is 40.5 Å². The Balaban J connectivity index is 3.78. The molecule has 0 aromatic rings. The highest BCUT2D eigenvalue weighted by molar-refractivity contribution is 5.31. The molecule has 0 aromatic carbocycles. The van der Waals surface area contributed by atoms with Gasteiger partial charge in [-0.05, 0) is 30.8 Å². The van der Waals surface area contributed by atoms with Gasteiger partial charge >= 0.3 is 0 Å². The number of allylic oxidation sites excluding steroid dienone is 1. The van der Waals surface area contributed by atoms with Crippen molar-refractivity contribution in [1.29, 1.82) is 0 Å². The van der Waals surface area contributed by atoms with Crippen molar-refractivity contribution in [1.82, 2.24) is 0 Å². The number of rotatable bonds is 8. The molecule has 2 heteroatoms. The van der Waals surface area contributed by atoms with Crippen LogP contribution >= 0.6 is 0 Å². The molecule has 0 radical (unpaired) electrons. The van der Waals surface area contributed by atoms with E-state index in [-0.39, 0.29) is 0 Å². The van der Waals surface area contributed by atoms with Crippen LogP contribution in [-0.4, -0.2) is 22.4 Å². The standard InChI is InChI=1S/C17H24O2/c1-3-5-6-7-8-9-10-14-17(19)15-12-11-13-16(18)4-2/h4,10,14,16-19H,2-3,5-9H2,1H3/b14-10-/t16-,17+/m0/s1. The molecule has 0 fully saturated rings. The van der Waals surface area contributed by atoms with E-state index in [1.165, 1.54) is 31.8 Å². The van der Waals surface area contributed by atoms with Crippen molar-refractivity contribution >= 4 is 0 Å². The average molecular weight is 260 g/mol. The molecule has 2 atom stereocenters. The van der Waals surface area contributed by atoms with E-state index in [4.69, 9.17) is 5.11 Å². The molecule has 19 heavy (non-hydrogen) atoms. The van der Waals surface area contributed by atoms with Gasteiger partial charge in [0.2, 0.25) is 0 Å². The molecular formula is C17H24O2. The summed E-state index contributed by atoms with van der Waals surface area (Å²) in [6.45, 7) is 5.59. The van der Waals surface area contributed by atoms with Crippen LogP contribution in [0.5, 0.6) is 0 Å². The monoisotopic (exact) mass is 260 g/mol. The van der Waals surface area contributed by atoms with Crippen molar-refractivity contribution in [2.24, 2.45) is 0 Å². The zero-order valence-electron chi connectivity index (χ0n) is 11.7. The van der Waals surface area contributed by atoms with Crippen molar-refractivity contribution in [3.05, 3.63) is 24.8 Å². The predicted molar refractivity (Wildman–Crippen MR) is 80.3 cm³/mol. The van der Waals surface area contributed by atoms with E-state index in [0.717, 1.165) is 12.8 Å². The first-order chi connectivity index (χ1) is 9.20. The van der Waals surface area contributed by atoms with Crippen LogP contribution in [0.2, 0.25) is 0 Å². The fourth-order valence-electron chi connectivity index (χ4n) is 1.42. The van der Waals surface area contributed by atoms with Gasteiger partial charge in [0.25, 0.3) is 0 Å². The lowest BCUT2D eigenvalue weighted by Gasteiger charge is -1.97. The van der Waals surface area contributed by atoms with Gasteiger partial charge in [-0.2, -0.15) is 0 Å². The highest BCUT2D eigenvalue weighted by Gasteiger charge is 1.91. The van der Waals surface area contributed by atoms with Gasteiger partial charge in [-0.15, -0.1) is 0 Å². The minimum Gasteiger partial charge on any atom is -0.377 e. The first-order valence-electron chi connectivity index (χ1n) is 6.87. The van der Waals surface area contributed by atoms with E-state index in [2.05, 4.69) is 37.2 Å². The van der Waals surface area contributed by atoms with Crippen LogP contribution in [0.3, 0.4) is 0 Å². The Kier molecular flexibility index (Phi) is 12.0. The van der Waals surface area contributed by atoms with Crippen LogP contribution in [0.1, 0.15) is 45.4 Å². The summed E-state index contributed by atoms with van der Waals surface area (Å²) in [5, 5.41) is 18.6. The van der Waals surface area contributed by atoms with Gasteiger partial charge in [0.15, 0.2) is 0 Å². The van der Waals surface area contributed by atoms with Crippen molar-refractivity contribution in [3.63, 3.8) is 0 Å². The van der Waals surface area contributed by atoms with Crippen LogP contribution in [0.15, 0.2) is 24.8 Å². The van der Waals surface area contributed by atoms with Gasteiger partial charge in [-0.1, -0.05) is 63.2 Å². The number of aliphatic hydroxyl groups is 2. The lowest BCUT2D eigenvalue weighted by atomic mass is 10.1. The Morgan fingerprint density at radius 3 is 2.26 bits per heavy atom. The maximum absolute atomic E-state index is 9.50. The fourth-order valence-corrected chi connectivity index (χ4v) is 1.42. The third-order valence-corrected chi connectivity index (χ3v) is 2.52. The van der Waals surface area contributed by atoms with Gasteiger partial charge in [0, 0.05) is 0 Å². The third kappa shape index (κ3) is 12.8. The van der Waals surface area contributed by atoms with E-state index in [1.54, 1.807) is 6.08 Å². The predicted octanol–water partition coefficient (Wildman–Crippen LogP) is 2.82. The molecule has 2 N–H and O–H groups in total. The molecule has 0 saturated carbocycles. The number of hydrogen-bond donors (Lipinski definition) is 2. The Morgan fingerprint density at radius 2 is 1.63 bits per heavy atom. The zero-order valence-corrected chi connectivity index (χ0v) is 11.7. The second-order valence-corrected chi connectivity index (χ2v) is 4.30. The van der Waals surface area contributed by atoms with Crippen LogP contribution in [-0.2, 0) is 0 Å². The summed E-state index contributed by atoms with van der Waals surface area (Å²) in [4.78, 5) is 0. The van der Waals surface area contributed by atoms with E-state index in [9.17, 15) is 5.11 Å². The third-order valence-electron chi connectivity index (χ3n) is 2.52. The summed E-state index contributed by atoms with van der Waals surface area (Å²) >= 11 is 0. The van der Waals surface area contributed by atoms with Gasteiger partial charge in [0.1, 0.15) is 12.2 Å². The maximum Gasteiger partial charge on any atom is 0.134 e. The molecule has 0 aliphatic carbocycles. The molecule has 0 spiro atoms. The Hall–Kier alpha value is -1.48. The summed E-state index contributed by atoms with van der Waals surface area (Å²) in [6, 6.07) is 0. The molecule has 0 heterocycles. The Morgan fingerprint density at radius 1 is 1.00 bits per heavy atom. The van der Waals surface area contributed by atoms with E-state index in [1.807, 2.05) is 6.08 Å². The molecule has 0 aliphatic heterocycles. The smallest absolute Gasteiger partial charge is 0.134 e. The van der Waals surface area contributed by atoms with Crippen molar-refractivity contribution < 1.29 is 10.2 Å². The normalized spacial score (nSPS) is 13.0. The molecule has 0 rings (SSSR count). The molecule has 0 saturated heterocycles. The quantitative estimate of drug-likeness (QED) is 0.400. The largest absolute Gasteiger partial charge is 0.377 e. The number of hydrogen-bond acceptors (Lipinski definition) is 2. The molecule has 0 aromatic heterocycles. The second kappa shape index (κ2) is 13.0. The minimum atomic E-state index is -0.856. The van der Waals surface area contributed by atoms with Crippen LogP contribution in [0.25, 0.3) is 0 Å². The lowest BCUT2D eigenvalue weighted by Crippen LogP contribution is -1.97. The van der Waals surface area contributed by atoms with Gasteiger partial charge < -0.3 is 10.2 Å². The van der Waals surface area contributed by atoms with Crippen molar-refractivity contribution in [3.8, 4) is 23.7 Å². The highest BCUT2D eigenvalue weighted by atomic mass is 16.3. The molecule has 0 amide bonds. The fraction of sp³-hybridized carbons (Fsp3) is 0.529. The average Bonchev–Trinajstić information content (AvgIpc) is 2.42. The maximum atomic E-state index is 9.50. The summed E-state index contributed by atoms with van der Waals surface area (Å²) < 4.78 is 0. The van der Waals surface area contributed by atoms with Gasteiger partial charge in [0.05, 0.1) is 0 Å². The van der Waals surface area contributed by atoms with E-state index >= 15 is 0 Å². The van der Waals surface area contributed by atoms with Crippen molar-refractivity contribution in [2.45, 2.75) is 57.7 Å². The number of aliphatic hydroxyl groups excluding tert-OH is 2. The summed E-state index contributed by atoms with van der Waals surface area (Å²) in [5.41, 5.74) is 0. The first kappa shape index (κ1) is 17.5. The summed E-state index contributed by atoms with van der Waals surface area (Å²) in [6.07, 6.45) is 10.5. The van der Waals surface area contributed by atoms with Gasteiger partial charge in [-0.3, -0.25) is 0 Å². The Labute approximate surface area is 117 Å². The van der Waals surface area contributed by atoms with Crippen LogP contribution < -0.4 is 0 Å². The van der Waals surface area contributed by atoms with Crippen LogP contribution in [0.4, 0.5) is 0 Å². The molecule has 0 unspecified atom stereocenters. The number of unbranched alkanes of at least 4 members (excludes halogenated alkanes) is 5. The second-order valence-electron chi connectivity index (χ2n) is 4.30. The van der Waals surface area contributed by atoms with E-state index < -0.39 is 12.2 Å². The van der Waals surface area contributed by atoms with Crippen LogP contribution in [0, 0.1) is 23.7 Å². The zero-order chi connectivity index (χ0) is 14.3. The molecule has 2 nitrogen and oxygen atoms in total. The van der Waals surface area contributed by atoms with E-state index in [0.29, 0.717) is 0 Å². The molecule has 0 aliphatic rings. The molecular weight excluding hydrogens is 236 g/mol. The highest BCUT2D eigenvalue weighted by Crippen LogP contribution is 2.05. The molecule has 104 valence electrons. The van der Waals surface area contributed by atoms with Crippen molar-refractivity contribution in [2.75, 3.05) is 0 Å². The Bertz CT molecular complexity index is 374. The first-order valence-corrected chi connectivity index (χ1v) is 6.87. The van der Waals surface area contributed by atoms with Gasteiger partial charge in [-0.25, -0.2) is 0 Å².